The molecule has 0 spiro atoms. The molecule has 2 aromatic heterocycles. The number of hydrogen-bond acceptors (Lipinski definition) is 5. The number of aromatic nitrogens is 2. The van der Waals surface area contributed by atoms with Gasteiger partial charge in [0, 0.05) is 37.1 Å². The number of benzene rings is 1. The number of rotatable bonds is 2. The molecule has 136 valence electrons. The lowest BCUT2D eigenvalue weighted by Gasteiger charge is -2.34. The quantitative estimate of drug-likeness (QED) is 0.721. The molecule has 0 bridgehead atoms. The molecule has 2 aliphatic rings. The Morgan fingerprint density at radius 1 is 1.27 bits per heavy atom. The van der Waals surface area contributed by atoms with Crippen molar-refractivity contribution in [2.75, 3.05) is 24.5 Å². The van der Waals surface area contributed by atoms with Gasteiger partial charge in [-0.3, -0.25) is 14.0 Å². The number of anilines is 1. The summed E-state index contributed by atoms with van der Waals surface area (Å²) in [6.45, 7) is 4.31. The molecule has 5 rings (SSSR count). The van der Waals surface area contributed by atoms with Crippen molar-refractivity contribution >= 4 is 38.3 Å². The van der Waals surface area contributed by atoms with E-state index in [9.17, 15) is 14.0 Å². The maximum atomic E-state index is 14.9. The van der Waals surface area contributed by atoms with Crippen LogP contribution in [0.3, 0.4) is 0 Å². The zero-order valence-electron chi connectivity index (χ0n) is 14.3. The molecule has 2 N–H and O–H groups in total. The molecule has 1 aromatic carbocycles. The van der Waals surface area contributed by atoms with Crippen LogP contribution in [0.4, 0.5) is 10.1 Å². The Kier molecular flexibility index (Phi) is 3.48. The molecule has 1 aliphatic carbocycles. The van der Waals surface area contributed by atoms with E-state index < -0.39 is 5.82 Å². The fraction of sp³-hybridized carbons (Fsp3) is 0.444. The summed E-state index contributed by atoms with van der Waals surface area (Å²) < 4.78 is 19.6. The van der Waals surface area contributed by atoms with Crippen molar-refractivity contribution < 1.29 is 4.39 Å². The van der Waals surface area contributed by atoms with Crippen molar-refractivity contribution in [2.45, 2.75) is 31.8 Å². The molecule has 2 fully saturated rings. The Bertz CT molecular complexity index is 1140. The van der Waals surface area contributed by atoms with Crippen molar-refractivity contribution in [3.05, 3.63) is 38.5 Å². The van der Waals surface area contributed by atoms with Gasteiger partial charge in [0.15, 0.2) is 0 Å². The predicted molar refractivity (Wildman–Crippen MR) is 102 cm³/mol. The smallest absolute Gasteiger partial charge is 0.271 e. The number of nitrogens with one attached hydrogen (secondary N) is 2. The monoisotopic (exact) mass is 374 g/mol. The van der Waals surface area contributed by atoms with Crippen molar-refractivity contribution in [2.24, 2.45) is 0 Å². The number of H-pyrrole nitrogens is 1. The second-order valence-electron chi connectivity index (χ2n) is 7.27. The average molecular weight is 374 g/mol. The van der Waals surface area contributed by atoms with E-state index in [0.29, 0.717) is 10.5 Å². The normalized spacial score (nSPS) is 21.0. The number of pyridine rings is 1. The van der Waals surface area contributed by atoms with Gasteiger partial charge < -0.3 is 14.8 Å². The lowest BCUT2D eigenvalue weighted by molar-refractivity contribution is 0.479. The highest BCUT2D eigenvalue weighted by molar-refractivity contribution is 7.12. The van der Waals surface area contributed by atoms with Crippen LogP contribution in [0.1, 0.15) is 25.8 Å². The Hall–Kier alpha value is -2.19. The third-order valence-corrected chi connectivity index (χ3v) is 6.20. The summed E-state index contributed by atoms with van der Waals surface area (Å²) in [7, 11) is 0. The van der Waals surface area contributed by atoms with Gasteiger partial charge in [0.1, 0.15) is 16.0 Å². The maximum Gasteiger partial charge on any atom is 0.271 e. The minimum atomic E-state index is -0.406. The Balaban J connectivity index is 1.82. The summed E-state index contributed by atoms with van der Waals surface area (Å²) in [5.41, 5.74) is 0.491. The Morgan fingerprint density at radius 3 is 2.81 bits per heavy atom. The van der Waals surface area contributed by atoms with Crippen molar-refractivity contribution in [3.8, 4) is 0 Å². The van der Waals surface area contributed by atoms with E-state index in [4.69, 9.17) is 0 Å². The van der Waals surface area contributed by atoms with E-state index in [1.54, 1.807) is 6.07 Å². The number of fused-ring (bicyclic) bond motifs is 2. The summed E-state index contributed by atoms with van der Waals surface area (Å²) in [4.78, 5) is 27.6. The lowest BCUT2D eigenvalue weighted by atomic mass is 10.1. The van der Waals surface area contributed by atoms with Crippen molar-refractivity contribution in [1.82, 2.24) is 14.3 Å². The van der Waals surface area contributed by atoms with Crippen molar-refractivity contribution in [1.29, 1.82) is 0 Å². The van der Waals surface area contributed by atoms with Crippen LogP contribution in [-0.4, -0.2) is 34.6 Å². The Morgan fingerprint density at radius 2 is 2.08 bits per heavy atom. The molecule has 1 aliphatic heterocycles. The van der Waals surface area contributed by atoms with Crippen LogP contribution in [0.25, 0.3) is 21.1 Å². The largest absolute Gasteiger partial charge is 0.366 e. The highest BCUT2D eigenvalue weighted by atomic mass is 32.1. The van der Waals surface area contributed by atoms with Gasteiger partial charge in [-0.1, -0.05) is 0 Å². The van der Waals surface area contributed by atoms with Crippen LogP contribution in [0.2, 0.25) is 0 Å². The molecule has 8 heteroatoms. The van der Waals surface area contributed by atoms with Crippen LogP contribution < -0.4 is 21.2 Å². The number of hydrogen-bond donors (Lipinski definition) is 2. The van der Waals surface area contributed by atoms with Gasteiger partial charge in [0.05, 0.1) is 11.2 Å². The van der Waals surface area contributed by atoms with Crippen LogP contribution in [0, 0.1) is 5.82 Å². The molecule has 1 atom stereocenters. The molecule has 3 heterocycles. The van der Waals surface area contributed by atoms with E-state index in [2.05, 4.69) is 21.2 Å². The van der Waals surface area contributed by atoms with Crippen molar-refractivity contribution in [3.63, 3.8) is 0 Å². The standard InChI is InChI=1S/C18H19FN4O2S/c1-9-8-22(5-4-20-9)14-7-13-11(6-12(14)19)16(24)15-17(25)21-26-18(15)23(13)10-2-3-10/h6-7,9-10,20H,2-5,8H2,1H3,(H,21,25). The van der Waals surface area contributed by atoms with Gasteiger partial charge in [-0.05, 0) is 43.4 Å². The fourth-order valence-electron chi connectivity index (χ4n) is 3.93. The first-order valence-corrected chi connectivity index (χ1v) is 9.73. The van der Waals surface area contributed by atoms with Crippen LogP contribution >= 0.6 is 11.5 Å². The van der Waals surface area contributed by atoms with E-state index >= 15 is 0 Å². The molecular formula is C18H19FN4O2S. The van der Waals surface area contributed by atoms with E-state index in [1.165, 1.54) is 17.6 Å². The summed E-state index contributed by atoms with van der Waals surface area (Å²) in [6.07, 6.45) is 2.02. The molecule has 26 heavy (non-hydrogen) atoms. The molecule has 1 saturated heterocycles. The Labute approximate surface area is 152 Å². The minimum absolute atomic E-state index is 0.150. The molecule has 3 aromatic rings. The van der Waals surface area contributed by atoms with Gasteiger partial charge in [0.25, 0.3) is 5.56 Å². The molecule has 6 nitrogen and oxygen atoms in total. The number of piperazine rings is 1. The predicted octanol–water partition coefficient (Wildman–Crippen LogP) is 2.18. The SMILES string of the molecule is CC1CN(c2cc3c(cc2F)c(=O)c2c(=O)[nH]sc2n3C2CC2)CCN1. The zero-order chi connectivity index (χ0) is 18.0. The second-order valence-corrected chi connectivity index (χ2v) is 8.06. The number of halogens is 1. The molecule has 1 saturated carbocycles. The molecule has 0 radical (unpaired) electrons. The van der Waals surface area contributed by atoms with E-state index in [1.807, 2.05) is 4.90 Å². The van der Waals surface area contributed by atoms with Gasteiger partial charge in [-0.15, -0.1) is 0 Å². The summed E-state index contributed by atoms with van der Waals surface area (Å²) in [5, 5.41) is 3.80. The van der Waals surface area contributed by atoms with Crippen LogP contribution in [0.5, 0.6) is 0 Å². The first kappa shape index (κ1) is 16.0. The lowest BCUT2D eigenvalue weighted by Crippen LogP contribution is -2.49. The minimum Gasteiger partial charge on any atom is -0.366 e. The van der Waals surface area contributed by atoms with Gasteiger partial charge >= 0.3 is 0 Å². The summed E-state index contributed by atoms with van der Waals surface area (Å²) >= 11 is 1.19. The highest BCUT2D eigenvalue weighted by Gasteiger charge is 2.30. The van der Waals surface area contributed by atoms with Gasteiger partial charge in [0.2, 0.25) is 5.43 Å². The second kappa shape index (κ2) is 5.65. The topological polar surface area (TPSA) is 70.1 Å². The zero-order valence-corrected chi connectivity index (χ0v) is 15.2. The fourth-order valence-corrected chi connectivity index (χ4v) is 4.85. The van der Waals surface area contributed by atoms with Gasteiger partial charge in [-0.2, -0.15) is 0 Å². The average Bonchev–Trinajstić information content (AvgIpc) is 3.38. The number of nitrogens with zero attached hydrogens (tertiary/aromatic N) is 2. The number of aromatic amines is 1. The van der Waals surface area contributed by atoms with E-state index in [0.717, 1.165) is 38.0 Å². The highest BCUT2D eigenvalue weighted by Crippen LogP contribution is 2.40. The molecular weight excluding hydrogens is 355 g/mol. The summed E-state index contributed by atoms with van der Waals surface area (Å²) in [5.74, 6) is -0.406. The summed E-state index contributed by atoms with van der Waals surface area (Å²) in [6, 6.07) is 3.66. The van der Waals surface area contributed by atoms with Crippen LogP contribution in [0.15, 0.2) is 21.7 Å². The first-order valence-electron chi connectivity index (χ1n) is 8.92. The van der Waals surface area contributed by atoms with Gasteiger partial charge in [-0.25, -0.2) is 4.39 Å². The van der Waals surface area contributed by atoms with Crippen LogP contribution in [-0.2, 0) is 0 Å². The van der Waals surface area contributed by atoms with E-state index in [-0.39, 0.29) is 33.8 Å². The molecule has 0 amide bonds. The maximum absolute atomic E-state index is 14.9. The molecule has 1 unspecified atom stereocenters. The first-order chi connectivity index (χ1) is 12.5. The third kappa shape index (κ3) is 2.32. The third-order valence-electron chi connectivity index (χ3n) is 5.32.